The van der Waals surface area contributed by atoms with Gasteiger partial charge < -0.3 is 9.87 Å². The Labute approximate surface area is 157 Å². The lowest BCUT2D eigenvalue weighted by Gasteiger charge is -2.11. The molecule has 1 aromatic heterocycles. The molecule has 0 bridgehead atoms. The molecule has 1 atom stereocenters. The molecule has 8 heteroatoms. The first kappa shape index (κ1) is 18.0. The predicted octanol–water partition coefficient (Wildman–Crippen LogP) is 3.70. The van der Waals surface area contributed by atoms with E-state index in [-0.39, 0.29) is 17.5 Å². The average molecular weight is 394 g/mol. The largest absolute Gasteiger partial charge is 0.593 e. The van der Waals surface area contributed by atoms with Crippen LogP contribution < -0.4 is 10.5 Å². The monoisotopic (exact) mass is 393 g/mol. The molecule has 0 radical (unpaired) electrons. The van der Waals surface area contributed by atoms with E-state index >= 15 is 0 Å². The number of amides is 1. The van der Waals surface area contributed by atoms with Crippen molar-refractivity contribution in [3.05, 3.63) is 64.4 Å². The van der Waals surface area contributed by atoms with Crippen LogP contribution in [0, 0.1) is 0 Å². The first-order valence-corrected chi connectivity index (χ1v) is 9.19. The maximum atomic E-state index is 12.3. The van der Waals surface area contributed by atoms with Crippen LogP contribution >= 0.6 is 23.2 Å². The normalized spacial score (nSPS) is 12.2. The number of nitrogens with one attached hydrogen (secondary N) is 1. The van der Waals surface area contributed by atoms with Crippen molar-refractivity contribution in [2.75, 3.05) is 5.32 Å². The molecule has 3 aromatic rings. The lowest BCUT2D eigenvalue weighted by molar-refractivity contribution is -0.115. The molecule has 0 aliphatic rings. The maximum absolute atomic E-state index is 12.3. The molecule has 0 saturated carbocycles. The highest BCUT2D eigenvalue weighted by atomic mass is 35.5. The van der Waals surface area contributed by atoms with E-state index in [1.54, 1.807) is 36.4 Å². The lowest BCUT2D eigenvalue weighted by atomic mass is 10.1. The SMILES string of the molecule is N[S+]([O-])c1cc(NC(=O)Cc2ccccc2Cl)cc2cnc(Cl)cc12. The number of carbonyl (C=O) groups excluding carboxylic acids is 1. The van der Waals surface area contributed by atoms with E-state index in [1.807, 2.05) is 6.07 Å². The second-order valence-corrected chi connectivity index (χ2v) is 7.15. The molecule has 25 heavy (non-hydrogen) atoms. The number of nitrogens with two attached hydrogens (primary N) is 1. The summed E-state index contributed by atoms with van der Waals surface area (Å²) < 4.78 is 11.8. The van der Waals surface area contributed by atoms with E-state index in [1.165, 1.54) is 6.20 Å². The van der Waals surface area contributed by atoms with Crippen LogP contribution in [0.3, 0.4) is 0 Å². The Morgan fingerprint density at radius 1 is 1.24 bits per heavy atom. The summed E-state index contributed by atoms with van der Waals surface area (Å²) in [6.07, 6.45) is 1.66. The number of halogens is 2. The summed E-state index contributed by atoms with van der Waals surface area (Å²) in [7, 11) is 0. The molecular formula is C17H13Cl2N3O2S. The van der Waals surface area contributed by atoms with Gasteiger partial charge in [-0.25, -0.2) is 4.98 Å². The molecule has 0 aliphatic heterocycles. The van der Waals surface area contributed by atoms with E-state index in [4.69, 9.17) is 28.3 Å². The minimum absolute atomic E-state index is 0.123. The summed E-state index contributed by atoms with van der Waals surface area (Å²) >= 11 is 10.2. The minimum Gasteiger partial charge on any atom is -0.593 e. The standard InChI is InChI=1S/C17H13Cl2N3O2S/c18-14-4-2-1-3-10(14)6-17(23)22-12-5-11-9-21-16(19)8-13(11)15(7-12)25(20)24/h1-5,7-9H,6,20H2,(H,22,23). The average Bonchev–Trinajstić information content (AvgIpc) is 2.56. The third kappa shape index (κ3) is 4.23. The number of anilines is 1. The molecule has 128 valence electrons. The molecule has 3 N–H and O–H groups in total. The molecule has 5 nitrogen and oxygen atoms in total. The van der Waals surface area contributed by atoms with Gasteiger partial charge in [0.05, 0.1) is 17.8 Å². The van der Waals surface area contributed by atoms with Crippen molar-refractivity contribution in [1.29, 1.82) is 0 Å². The van der Waals surface area contributed by atoms with Crippen molar-refractivity contribution in [3.63, 3.8) is 0 Å². The van der Waals surface area contributed by atoms with Crippen LogP contribution in [0.4, 0.5) is 5.69 Å². The fourth-order valence-electron chi connectivity index (χ4n) is 2.46. The molecule has 0 saturated heterocycles. The number of fused-ring (bicyclic) bond motifs is 1. The second-order valence-electron chi connectivity index (χ2n) is 5.32. The van der Waals surface area contributed by atoms with E-state index in [9.17, 15) is 9.35 Å². The third-order valence-electron chi connectivity index (χ3n) is 3.57. The zero-order chi connectivity index (χ0) is 18.0. The van der Waals surface area contributed by atoms with Crippen molar-refractivity contribution in [1.82, 2.24) is 4.98 Å². The smallest absolute Gasteiger partial charge is 0.228 e. The Kier molecular flexibility index (Phi) is 5.46. The van der Waals surface area contributed by atoms with Gasteiger partial charge in [-0.1, -0.05) is 41.4 Å². The Morgan fingerprint density at radius 2 is 2.00 bits per heavy atom. The number of carbonyl (C=O) groups is 1. The van der Waals surface area contributed by atoms with Crippen molar-refractivity contribution >= 4 is 56.9 Å². The number of hydrogen-bond donors (Lipinski definition) is 2. The van der Waals surface area contributed by atoms with Crippen LogP contribution in [-0.4, -0.2) is 15.4 Å². The van der Waals surface area contributed by atoms with E-state index in [0.717, 1.165) is 5.56 Å². The van der Waals surface area contributed by atoms with Crippen LogP contribution in [-0.2, 0) is 22.6 Å². The molecule has 0 spiro atoms. The second kappa shape index (κ2) is 7.59. The first-order chi connectivity index (χ1) is 11.9. The molecule has 1 heterocycles. The summed E-state index contributed by atoms with van der Waals surface area (Å²) in [5, 5.41) is 10.4. The number of aromatic nitrogens is 1. The fraction of sp³-hybridized carbons (Fsp3) is 0.0588. The van der Waals surface area contributed by atoms with Gasteiger partial charge in [0.25, 0.3) is 0 Å². The van der Waals surface area contributed by atoms with Gasteiger partial charge in [-0.05, 0) is 23.8 Å². The molecular weight excluding hydrogens is 381 g/mol. The topological polar surface area (TPSA) is 91.1 Å². The van der Waals surface area contributed by atoms with Crippen LogP contribution in [0.2, 0.25) is 10.2 Å². The highest BCUT2D eigenvalue weighted by Crippen LogP contribution is 2.28. The molecule has 1 unspecified atom stereocenters. The van der Waals surface area contributed by atoms with Gasteiger partial charge in [-0.15, -0.1) is 5.14 Å². The maximum Gasteiger partial charge on any atom is 0.228 e. The van der Waals surface area contributed by atoms with Gasteiger partial charge in [0.2, 0.25) is 5.91 Å². The molecule has 0 aliphatic carbocycles. The summed E-state index contributed by atoms with van der Waals surface area (Å²) in [6.45, 7) is 0. The van der Waals surface area contributed by atoms with Gasteiger partial charge in [0.15, 0.2) is 4.90 Å². The summed E-state index contributed by atoms with van der Waals surface area (Å²) in [5.41, 5.74) is 1.20. The Bertz CT molecular complexity index is 950. The minimum atomic E-state index is -1.74. The zero-order valence-electron chi connectivity index (χ0n) is 12.8. The molecule has 0 fully saturated rings. The Morgan fingerprint density at radius 3 is 2.72 bits per heavy atom. The van der Waals surface area contributed by atoms with Crippen LogP contribution in [0.5, 0.6) is 0 Å². The quantitative estimate of drug-likeness (QED) is 0.521. The number of pyridine rings is 1. The number of rotatable bonds is 4. The van der Waals surface area contributed by atoms with Crippen LogP contribution in [0.15, 0.2) is 53.6 Å². The first-order valence-electron chi connectivity index (χ1n) is 7.23. The van der Waals surface area contributed by atoms with Crippen molar-refractivity contribution in [2.45, 2.75) is 11.3 Å². The highest BCUT2D eigenvalue weighted by molar-refractivity contribution is 7.89. The fourth-order valence-corrected chi connectivity index (χ4v) is 3.45. The van der Waals surface area contributed by atoms with E-state index in [0.29, 0.717) is 26.4 Å². The summed E-state index contributed by atoms with van der Waals surface area (Å²) in [4.78, 5) is 16.7. The lowest BCUT2D eigenvalue weighted by Crippen LogP contribution is -2.17. The predicted molar refractivity (Wildman–Crippen MR) is 101 cm³/mol. The van der Waals surface area contributed by atoms with Crippen molar-refractivity contribution < 1.29 is 9.35 Å². The number of nitrogens with zero attached hydrogens (tertiary/aromatic N) is 1. The summed E-state index contributed by atoms with van der Waals surface area (Å²) in [5.74, 6) is -0.247. The molecule has 3 rings (SSSR count). The third-order valence-corrected chi connectivity index (χ3v) is 4.92. The van der Waals surface area contributed by atoms with Crippen molar-refractivity contribution in [2.24, 2.45) is 5.14 Å². The van der Waals surface area contributed by atoms with Crippen LogP contribution in [0.25, 0.3) is 10.8 Å². The Balaban J connectivity index is 1.90. The summed E-state index contributed by atoms with van der Waals surface area (Å²) in [6, 6.07) is 12.0. The van der Waals surface area contributed by atoms with Gasteiger partial charge in [-0.3, -0.25) is 4.79 Å². The number of hydrogen-bond acceptors (Lipinski definition) is 4. The molecule has 1 amide bonds. The number of benzene rings is 2. The van der Waals surface area contributed by atoms with Gasteiger partial charge >= 0.3 is 0 Å². The van der Waals surface area contributed by atoms with Crippen LogP contribution in [0.1, 0.15) is 5.56 Å². The van der Waals surface area contributed by atoms with Crippen molar-refractivity contribution in [3.8, 4) is 0 Å². The van der Waals surface area contributed by atoms with E-state index < -0.39 is 11.4 Å². The molecule has 2 aromatic carbocycles. The van der Waals surface area contributed by atoms with Gasteiger partial charge in [0.1, 0.15) is 5.15 Å². The van der Waals surface area contributed by atoms with Gasteiger partial charge in [-0.2, -0.15) is 0 Å². The van der Waals surface area contributed by atoms with E-state index in [2.05, 4.69) is 10.3 Å². The zero-order valence-corrected chi connectivity index (χ0v) is 15.2. The Hall–Kier alpha value is -1.83. The van der Waals surface area contributed by atoms with Gasteiger partial charge in [0, 0.05) is 33.7 Å². The highest BCUT2D eigenvalue weighted by Gasteiger charge is 2.16.